The largest absolute Gasteiger partial charge is 0.366 e. The van der Waals surface area contributed by atoms with E-state index in [0.29, 0.717) is 38.3 Å². The zero-order valence-electron chi connectivity index (χ0n) is 13.9. The number of hydrogen-bond donors (Lipinski definition) is 1. The summed E-state index contributed by atoms with van der Waals surface area (Å²) in [5.74, 6) is -0.484. The van der Waals surface area contributed by atoms with Crippen LogP contribution in [0.5, 0.6) is 0 Å². The van der Waals surface area contributed by atoms with Crippen molar-refractivity contribution in [1.82, 2.24) is 9.62 Å². The van der Waals surface area contributed by atoms with Crippen LogP contribution >= 0.6 is 0 Å². The van der Waals surface area contributed by atoms with Crippen molar-refractivity contribution >= 4 is 21.6 Å². The van der Waals surface area contributed by atoms with Gasteiger partial charge in [-0.05, 0) is 18.6 Å². The van der Waals surface area contributed by atoms with Gasteiger partial charge in [0, 0.05) is 26.2 Å². The molecule has 1 saturated heterocycles. The lowest BCUT2D eigenvalue weighted by atomic mass is 10.2. The van der Waals surface area contributed by atoms with Gasteiger partial charge in [0.05, 0.1) is 18.0 Å². The van der Waals surface area contributed by atoms with Crippen LogP contribution in [0, 0.1) is 5.82 Å². The number of halogens is 1. The fraction of sp³-hybridized carbons (Fsp3) is 0.562. The quantitative estimate of drug-likeness (QED) is 0.796. The molecule has 0 radical (unpaired) electrons. The van der Waals surface area contributed by atoms with Gasteiger partial charge in [0.2, 0.25) is 15.9 Å². The standard InChI is InChI=1S/C16H24FN3O3S/c1-2-3-12-24(22,23)18-13-16(21)20-10-8-19(9-11-20)15-7-5-4-6-14(15)17/h4-7,18H,2-3,8-13H2,1H3. The summed E-state index contributed by atoms with van der Waals surface area (Å²) in [7, 11) is -3.39. The molecular formula is C16H24FN3O3S. The zero-order chi connectivity index (χ0) is 17.6. The average molecular weight is 357 g/mol. The SMILES string of the molecule is CCCCS(=O)(=O)NCC(=O)N1CCN(c2ccccc2F)CC1. The van der Waals surface area contributed by atoms with Gasteiger partial charge >= 0.3 is 0 Å². The lowest BCUT2D eigenvalue weighted by molar-refractivity contribution is -0.130. The highest BCUT2D eigenvalue weighted by Crippen LogP contribution is 2.20. The third-order valence-electron chi connectivity index (χ3n) is 4.04. The predicted molar refractivity (Wildman–Crippen MR) is 91.9 cm³/mol. The van der Waals surface area contributed by atoms with Crippen molar-refractivity contribution in [3.05, 3.63) is 30.1 Å². The summed E-state index contributed by atoms with van der Waals surface area (Å²) in [6.07, 6.45) is 1.36. The summed E-state index contributed by atoms with van der Waals surface area (Å²) in [6, 6.07) is 6.55. The van der Waals surface area contributed by atoms with Gasteiger partial charge in [-0.25, -0.2) is 17.5 Å². The number of anilines is 1. The minimum Gasteiger partial charge on any atom is -0.366 e. The number of nitrogens with one attached hydrogen (secondary N) is 1. The number of carbonyl (C=O) groups excluding carboxylic acids is 1. The molecule has 24 heavy (non-hydrogen) atoms. The second-order valence-corrected chi connectivity index (χ2v) is 7.74. The van der Waals surface area contributed by atoms with Gasteiger partial charge in [-0.1, -0.05) is 25.5 Å². The van der Waals surface area contributed by atoms with E-state index in [9.17, 15) is 17.6 Å². The normalized spacial score (nSPS) is 15.6. The molecule has 1 aromatic rings. The third-order valence-corrected chi connectivity index (χ3v) is 5.45. The molecule has 134 valence electrons. The van der Waals surface area contributed by atoms with Gasteiger partial charge < -0.3 is 9.80 Å². The van der Waals surface area contributed by atoms with Crippen LogP contribution in [-0.2, 0) is 14.8 Å². The molecule has 1 N–H and O–H groups in total. The molecule has 1 aromatic carbocycles. The monoisotopic (exact) mass is 357 g/mol. The van der Waals surface area contributed by atoms with E-state index in [1.165, 1.54) is 6.07 Å². The van der Waals surface area contributed by atoms with Crippen molar-refractivity contribution in [3.63, 3.8) is 0 Å². The van der Waals surface area contributed by atoms with Crippen LogP contribution in [0.2, 0.25) is 0 Å². The number of carbonyl (C=O) groups is 1. The van der Waals surface area contributed by atoms with Crippen molar-refractivity contribution in [1.29, 1.82) is 0 Å². The maximum Gasteiger partial charge on any atom is 0.237 e. The number of benzene rings is 1. The van der Waals surface area contributed by atoms with Crippen LogP contribution in [0.4, 0.5) is 10.1 Å². The Bertz CT molecular complexity index is 658. The minimum absolute atomic E-state index is 0.0395. The topological polar surface area (TPSA) is 69.7 Å². The number of rotatable bonds is 7. The molecule has 0 spiro atoms. The Morgan fingerprint density at radius 3 is 2.50 bits per heavy atom. The first kappa shape index (κ1) is 18.7. The average Bonchev–Trinajstić information content (AvgIpc) is 2.59. The van der Waals surface area contributed by atoms with Crippen LogP contribution < -0.4 is 9.62 Å². The molecular weight excluding hydrogens is 333 g/mol. The fourth-order valence-electron chi connectivity index (χ4n) is 2.59. The van der Waals surface area contributed by atoms with Gasteiger partial charge in [-0.3, -0.25) is 4.79 Å². The van der Waals surface area contributed by atoms with Crippen LogP contribution in [-0.4, -0.2) is 57.7 Å². The number of piperazine rings is 1. The van der Waals surface area contributed by atoms with Gasteiger partial charge in [0.25, 0.3) is 0 Å². The maximum absolute atomic E-state index is 13.8. The molecule has 0 aromatic heterocycles. The van der Waals surface area contributed by atoms with E-state index in [0.717, 1.165) is 6.42 Å². The summed E-state index contributed by atoms with van der Waals surface area (Å²) in [4.78, 5) is 15.6. The Morgan fingerprint density at radius 1 is 1.21 bits per heavy atom. The number of sulfonamides is 1. The smallest absolute Gasteiger partial charge is 0.237 e. The second kappa shape index (κ2) is 8.43. The molecule has 8 heteroatoms. The number of nitrogens with zero attached hydrogens (tertiary/aromatic N) is 2. The molecule has 1 heterocycles. The first-order valence-corrected chi connectivity index (χ1v) is 9.83. The second-order valence-electron chi connectivity index (χ2n) is 5.81. The van der Waals surface area contributed by atoms with Crippen molar-refractivity contribution in [3.8, 4) is 0 Å². The Morgan fingerprint density at radius 2 is 1.88 bits per heavy atom. The van der Waals surface area contributed by atoms with E-state index in [4.69, 9.17) is 0 Å². The molecule has 1 aliphatic rings. The lowest BCUT2D eigenvalue weighted by Crippen LogP contribution is -2.51. The maximum atomic E-state index is 13.8. The Hall–Kier alpha value is -1.67. The van der Waals surface area contributed by atoms with E-state index in [1.807, 2.05) is 11.8 Å². The molecule has 1 fully saturated rings. The van der Waals surface area contributed by atoms with Gasteiger partial charge in [-0.2, -0.15) is 0 Å². The first-order valence-electron chi connectivity index (χ1n) is 8.17. The van der Waals surface area contributed by atoms with E-state index in [2.05, 4.69) is 4.72 Å². The lowest BCUT2D eigenvalue weighted by Gasteiger charge is -2.36. The molecule has 6 nitrogen and oxygen atoms in total. The molecule has 0 bridgehead atoms. The predicted octanol–water partition coefficient (Wildman–Crippen LogP) is 1.19. The molecule has 0 saturated carbocycles. The molecule has 0 aliphatic carbocycles. The molecule has 1 aliphatic heterocycles. The van der Waals surface area contributed by atoms with Crippen molar-refractivity contribution in [2.24, 2.45) is 0 Å². The highest BCUT2D eigenvalue weighted by molar-refractivity contribution is 7.89. The number of amides is 1. The third kappa shape index (κ3) is 5.17. The fourth-order valence-corrected chi connectivity index (χ4v) is 3.75. The van der Waals surface area contributed by atoms with E-state index in [-0.39, 0.29) is 24.0 Å². The van der Waals surface area contributed by atoms with E-state index < -0.39 is 10.0 Å². The Balaban J connectivity index is 1.82. The number of unbranched alkanes of at least 4 members (excludes halogenated alkanes) is 1. The number of para-hydroxylation sites is 1. The minimum atomic E-state index is -3.39. The number of hydrogen-bond acceptors (Lipinski definition) is 4. The molecule has 0 unspecified atom stereocenters. The molecule has 0 atom stereocenters. The molecule has 2 rings (SSSR count). The summed E-state index contributed by atoms with van der Waals surface area (Å²) < 4.78 is 39.6. The van der Waals surface area contributed by atoms with Crippen LogP contribution in [0.1, 0.15) is 19.8 Å². The van der Waals surface area contributed by atoms with Gasteiger partial charge in [0.15, 0.2) is 0 Å². The van der Waals surface area contributed by atoms with Crippen LogP contribution in [0.3, 0.4) is 0 Å². The van der Waals surface area contributed by atoms with Crippen LogP contribution in [0.15, 0.2) is 24.3 Å². The summed E-state index contributed by atoms with van der Waals surface area (Å²) >= 11 is 0. The highest BCUT2D eigenvalue weighted by atomic mass is 32.2. The van der Waals surface area contributed by atoms with Gasteiger partial charge in [-0.15, -0.1) is 0 Å². The van der Waals surface area contributed by atoms with Crippen molar-refractivity contribution in [2.75, 3.05) is 43.4 Å². The summed E-state index contributed by atoms with van der Waals surface area (Å²) in [6.45, 7) is 3.64. The van der Waals surface area contributed by atoms with Crippen molar-refractivity contribution < 1.29 is 17.6 Å². The summed E-state index contributed by atoms with van der Waals surface area (Å²) in [5, 5.41) is 0. The first-order chi connectivity index (χ1) is 11.4. The Labute approximate surface area is 142 Å². The van der Waals surface area contributed by atoms with E-state index >= 15 is 0 Å². The van der Waals surface area contributed by atoms with Gasteiger partial charge in [0.1, 0.15) is 5.82 Å². The highest BCUT2D eigenvalue weighted by Gasteiger charge is 2.23. The Kier molecular flexibility index (Phi) is 6.56. The van der Waals surface area contributed by atoms with Crippen molar-refractivity contribution in [2.45, 2.75) is 19.8 Å². The van der Waals surface area contributed by atoms with E-state index in [1.54, 1.807) is 23.1 Å². The van der Waals surface area contributed by atoms with Crippen LogP contribution in [0.25, 0.3) is 0 Å². The zero-order valence-corrected chi connectivity index (χ0v) is 14.7. The molecule has 1 amide bonds. The summed E-state index contributed by atoms with van der Waals surface area (Å²) in [5.41, 5.74) is 0.532.